The average molecular weight is 433 g/mol. The maximum atomic E-state index is 13.1. The van der Waals surface area contributed by atoms with Gasteiger partial charge >= 0.3 is 0 Å². The number of halogens is 1. The first-order chi connectivity index (χ1) is 15.1. The number of fused-ring (bicyclic) bond motifs is 1. The highest BCUT2D eigenvalue weighted by Gasteiger charge is 2.13. The fourth-order valence-electron chi connectivity index (χ4n) is 3.15. The molecule has 31 heavy (non-hydrogen) atoms. The van der Waals surface area contributed by atoms with Crippen LogP contribution in [0.3, 0.4) is 0 Å². The third-order valence-corrected chi connectivity index (χ3v) is 5.59. The van der Waals surface area contributed by atoms with E-state index in [1.165, 1.54) is 28.0 Å². The van der Waals surface area contributed by atoms with Crippen molar-refractivity contribution in [1.29, 1.82) is 0 Å². The standard InChI is InChI=1S/C23H16FN3O3S/c1-2-29-17-9-5-15(6-10-17)21-25-23-27(26-21)22(28)20(31-23)13-18-11-12-19(30-18)14-3-7-16(24)8-4-14/h3-13H,2H2,1H3/b20-13-. The largest absolute Gasteiger partial charge is 0.494 e. The van der Waals surface area contributed by atoms with Crippen LogP contribution in [0, 0.1) is 5.82 Å². The molecule has 0 N–H and O–H groups in total. The lowest BCUT2D eigenvalue weighted by Crippen LogP contribution is -2.23. The second-order valence-corrected chi connectivity index (χ2v) is 7.72. The number of furan rings is 1. The van der Waals surface area contributed by atoms with Gasteiger partial charge in [-0.05, 0) is 67.6 Å². The Morgan fingerprint density at radius 2 is 1.81 bits per heavy atom. The fraction of sp³-hybridized carbons (Fsp3) is 0.0870. The van der Waals surface area contributed by atoms with Crippen molar-refractivity contribution in [1.82, 2.24) is 14.6 Å². The Morgan fingerprint density at radius 1 is 1.06 bits per heavy atom. The van der Waals surface area contributed by atoms with Crippen LogP contribution in [0.25, 0.3) is 33.7 Å². The Kier molecular flexibility index (Phi) is 4.83. The van der Waals surface area contributed by atoms with Crippen LogP contribution in [0.1, 0.15) is 12.7 Å². The van der Waals surface area contributed by atoms with Crippen molar-refractivity contribution < 1.29 is 13.5 Å². The first-order valence-electron chi connectivity index (χ1n) is 9.61. The van der Waals surface area contributed by atoms with Gasteiger partial charge < -0.3 is 9.15 Å². The number of rotatable bonds is 5. The van der Waals surface area contributed by atoms with Gasteiger partial charge in [0.05, 0.1) is 6.61 Å². The van der Waals surface area contributed by atoms with Crippen LogP contribution in [-0.2, 0) is 0 Å². The Bertz CT molecular complexity index is 1470. The molecule has 5 aromatic rings. The summed E-state index contributed by atoms with van der Waals surface area (Å²) in [7, 11) is 0. The molecule has 3 aromatic heterocycles. The summed E-state index contributed by atoms with van der Waals surface area (Å²) in [5.41, 5.74) is 1.30. The van der Waals surface area contributed by atoms with Crippen molar-refractivity contribution >= 4 is 22.4 Å². The van der Waals surface area contributed by atoms with E-state index >= 15 is 0 Å². The molecule has 0 saturated heterocycles. The maximum Gasteiger partial charge on any atom is 0.291 e. The second-order valence-electron chi connectivity index (χ2n) is 6.71. The minimum atomic E-state index is -0.308. The van der Waals surface area contributed by atoms with Gasteiger partial charge in [-0.2, -0.15) is 9.50 Å². The smallest absolute Gasteiger partial charge is 0.291 e. The quantitative estimate of drug-likeness (QED) is 0.416. The van der Waals surface area contributed by atoms with Crippen LogP contribution in [0.5, 0.6) is 5.75 Å². The minimum Gasteiger partial charge on any atom is -0.494 e. The molecule has 0 saturated carbocycles. The van der Waals surface area contributed by atoms with Crippen molar-refractivity contribution in [2.45, 2.75) is 6.92 Å². The summed E-state index contributed by atoms with van der Waals surface area (Å²) in [5.74, 6) is 2.06. The Morgan fingerprint density at radius 3 is 2.52 bits per heavy atom. The SMILES string of the molecule is CCOc1ccc(-c2nc3s/c(=C\c4ccc(-c5ccc(F)cc5)o4)c(=O)n3n2)cc1. The molecule has 0 aliphatic carbocycles. The summed E-state index contributed by atoms with van der Waals surface area (Å²) in [5, 5.41) is 4.36. The Hall–Kier alpha value is -3.78. The molecule has 0 radical (unpaired) electrons. The van der Waals surface area contributed by atoms with Gasteiger partial charge in [-0.3, -0.25) is 4.79 Å². The van der Waals surface area contributed by atoms with E-state index < -0.39 is 0 Å². The van der Waals surface area contributed by atoms with E-state index in [9.17, 15) is 9.18 Å². The first kappa shape index (κ1) is 19.2. The molecule has 0 spiro atoms. The summed E-state index contributed by atoms with van der Waals surface area (Å²) < 4.78 is 26.1. The second kappa shape index (κ2) is 7.81. The average Bonchev–Trinajstić information content (AvgIpc) is 3.47. The topological polar surface area (TPSA) is 69.6 Å². The van der Waals surface area contributed by atoms with Gasteiger partial charge in [0.2, 0.25) is 4.96 Å². The van der Waals surface area contributed by atoms with Crippen LogP contribution in [0.2, 0.25) is 0 Å². The normalized spacial score (nSPS) is 12.0. The van der Waals surface area contributed by atoms with Crippen LogP contribution in [-0.4, -0.2) is 21.2 Å². The molecule has 3 heterocycles. The number of hydrogen-bond acceptors (Lipinski definition) is 6. The third-order valence-electron chi connectivity index (χ3n) is 4.63. The lowest BCUT2D eigenvalue weighted by atomic mass is 10.2. The lowest BCUT2D eigenvalue weighted by Gasteiger charge is -2.02. The maximum absolute atomic E-state index is 13.1. The molecule has 5 rings (SSSR count). The number of benzene rings is 2. The van der Waals surface area contributed by atoms with Gasteiger partial charge in [0.15, 0.2) is 5.82 Å². The van der Waals surface area contributed by atoms with Gasteiger partial charge in [-0.15, -0.1) is 5.10 Å². The summed E-state index contributed by atoms with van der Waals surface area (Å²) in [4.78, 5) is 17.8. The molecule has 8 heteroatoms. The van der Waals surface area contributed by atoms with Crippen LogP contribution in [0.15, 0.2) is 69.9 Å². The van der Waals surface area contributed by atoms with E-state index in [1.54, 1.807) is 30.3 Å². The molecular formula is C23H16FN3O3S. The van der Waals surface area contributed by atoms with Gasteiger partial charge in [-0.1, -0.05) is 11.3 Å². The van der Waals surface area contributed by atoms with E-state index in [2.05, 4.69) is 10.1 Å². The highest BCUT2D eigenvalue weighted by Crippen LogP contribution is 2.23. The van der Waals surface area contributed by atoms with Gasteiger partial charge in [-0.25, -0.2) is 4.39 Å². The fourth-order valence-corrected chi connectivity index (χ4v) is 4.04. The zero-order valence-electron chi connectivity index (χ0n) is 16.4. The van der Waals surface area contributed by atoms with Gasteiger partial charge in [0.25, 0.3) is 5.56 Å². The number of hydrogen-bond donors (Lipinski definition) is 0. The number of ether oxygens (including phenoxy) is 1. The molecule has 0 amide bonds. The summed E-state index contributed by atoms with van der Waals surface area (Å²) >= 11 is 1.24. The van der Waals surface area contributed by atoms with Crippen molar-refractivity contribution in [2.24, 2.45) is 0 Å². The van der Waals surface area contributed by atoms with Crippen molar-refractivity contribution in [3.8, 4) is 28.5 Å². The molecular weight excluding hydrogens is 417 g/mol. The highest BCUT2D eigenvalue weighted by atomic mass is 32.1. The molecule has 6 nitrogen and oxygen atoms in total. The number of aromatic nitrogens is 3. The zero-order chi connectivity index (χ0) is 21.4. The molecule has 0 aliphatic rings. The van der Waals surface area contributed by atoms with Crippen LogP contribution >= 0.6 is 11.3 Å². The summed E-state index contributed by atoms with van der Waals surface area (Å²) in [6, 6.07) is 17.0. The molecule has 0 fully saturated rings. The Balaban J connectivity index is 1.46. The van der Waals surface area contributed by atoms with Gasteiger partial charge in [0.1, 0.15) is 27.6 Å². The molecule has 154 valence electrons. The van der Waals surface area contributed by atoms with E-state index in [-0.39, 0.29) is 11.4 Å². The van der Waals surface area contributed by atoms with Crippen LogP contribution < -0.4 is 14.8 Å². The Labute approximate surface area is 179 Å². The lowest BCUT2D eigenvalue weighted by molar-refractivity contribution is 0.340. The number of nitrogens with zero attached hydrogens (tertiary/aromatic N) is 3. The summed E-state index contributed by atoms with van der Waals surface area (Å²) in [6.07, 6.45) is 1.66. The molecule has 0 bridgehead atoms. The molecule has 0 aliphatic heterocycles. The van der Waals surface area contributed by atoms with E-state index in [4.69, 9.17) is 9.15 Å². The predicted octanol–water partition coefficient (Wildman–Crippen LogP) is 4.16. The summed E-state index contributed by atoms with van der Waals surface area (Å²) in [6.45, 7) is 2.52. The van der Waals surface area contributed by atoms with Crippen molar-refractivity contribution in [3.05, 3.63) is 87.1 Å². The predicted molar refractivity (Wildman–Crippen MR) is 117 cm³/mol. The van der Waals surface area contributed by atoms with E-state index in [0.29, 0.717) is 33.4 Å². The molecule has 2 aromatic carbocycles. The first-order valence-corrected chi connectivity index (χ1v) is 10.4. The van der Waals surface area contributed by atoms with E-state index in [0.717, 1.165) is 16.9 Å². The van der Waals surface area contributed by atoms with Crippen molar-refractivity contribution in [2.75, 3.05) is 6.61 Å². The minimum absolute atomic E-state index is 0.260. The third kappa shape index (κ3) is 3.73. The number of thiazole rings is 1. The highest BCUT2D eigenvalue weighted by molar-refractivity contribution is 7.15. The van der Waals surface area contributed by atoms with Crippen molar-refractivity contribution in [3.63, 3.8) is 0 Å². The molecule has 0 unspecified atom stereocenters. The molecule has 0 atom stereocenters. The van der Waals surface area contributed by atoms with E-state index in [1.807, 2.05) is 31.2 Å². The zero-order valence-corrected chi connectivity index (χ0v) is 17.2. The monoisotopic (exact) mass is 433 g/mol. The van der Waals surface area contributed by atoms with Crippen LogP contribution in [0.4, 0.5) is 4.39 Å². The van der Waals surface area contributed by atoms with Gasteiger partial charge in [0, 0.05) is 17.2 Å².